The largest absolute Gasteiger partial charge is 0.0617 e. The standard InChI is InChI=1S/C12H16/c1-8-5-4-6-11-10(3)9(2)7-12(8)11/h4-6,9-10H,7H2,1-3H3/t9-,10-/m0/s1. The summed E-state index contributed by atoms with van der Waals surface area (Å²) in [4.78, 5) is 0. The van der Waals surface area contributed by atoms with Crippen molar-refractivity contribution < 1.29 is 0 Å². The molecule has 0 fully saturated rings. The van der Waals surface area contributed by atoms with Gasteiger partial charge in [-0.2, -0.15) is 0 Å². The Bertz CT molecular complexity index is 299. The predicted molar refractivity (Wildman–Crippen MR) is 52.5 cm³/mol. The van der Waals surface area contributed by atoms with Gasteiger partial charge >= 0.3 is 0 Å². The summed E-state index contributed by atoms with van der Waals surface area (Å²) in [6, 6.07) is 6.70. The molecule has 0 unspecified atom stereocenters. The Morgan fingerprint density at radius 3 is 2.67 bits per heavy atom. The average Bonchev–Trinajstić information content (AvgIpc) is 2.32. The summed E-state index contributed by atoms with van der Waals surface area (Å²) in [5.41, 5.74) is 4.67. The van der Waals surface area contributed by atoms with Crippen LogP contribution in [0.2, 0.25) is 0 Å². The van der Waals surface area contributed by atoms with E-state index < -0.39 is 0 Å². The molecule has 2 atom stereocenters. The van der Waals surface area contributed by atoms with Crippen LogP contribution in [0.3, 0.4) is 0 Å². The highest BCUT2D eigenvalue weighted by Gasteiger charge is 2.25. The summed E-state index contributed by atoms with van der Waals surface area (Å²) in [6.07, 6.45) is 1.28. The molecule has 64 valence electrons. The van der Waals surface area contributed by atoms with Crippen molar-refractivity contribution in [1.82, 2.24) is 0 Å². The maximum Gasteiger partial charge on any atom is -0.0159 e. The van der Waals surface area contributed by atoms with Crippen molar-refractivity contribution in [3.63, 3.8) is 0 Å². The van der Waals surface area contributed by atoms with Gasteiger partial charge in [-0.15, -0.1) is 0 Å². The Kier molecular flexibility index (Phi) is 1.71. The Morgan fingerprint density at radius 1 is 1.25 bits per heavy atom. The molecule has 0 nitrogen and oxygen atoms in total. The summed E-state index contributed by atoms with van der Waals surface area (Å²) in [5.74, 6) is 1.60. The smallest absolute Gasteiger partial charge is 0.0159 e. The Hall–Kier alpha value is -0.780. The monoisotopic (exact) mass is 160 g/mol. The van der Waals surface area contributed by atoms with Gasteiger partial charge in [0.2, 0.25) is 0 Å². The van der Waals surface area contributed by atoms with Crippen LogP contribution in [0.5, 0.6) is 0 Å². The first-order valence-corrected chi connectivity index (χ1v) is 4.78. The lowest BCUT2D eigenvalue weighted by atomic mass is 9.96. The molecule has 0 bridgehead atoms. The SMILES string of the molecule is Cc1cccc2c1C[C@H](C)[C@@H]2C. The molecule has 0 spiro atoms. The van der Waals surface area contributed by atoms with E-state index in [-0.39, 0.29) is 0 Å². The molecule has 1 aliphatic rings. The van der Waals surface area contributed by atoms with Crippen LogP contribution in [0.4, 0.5) is 0 Å². The van der Waals surface area contributed by atoms with E-state index in [0.29, 0.717) is 0 Å². The van der Waals surface area contributed by atoms with Crippen molar-refractivity contribution in [2.45, 2.75) is 33.1 Å². The van der Waals surface area contributed by atoms with Crippen molar-refractivity contribution >= 4 is 0 Å². The molecular weight excluding hydrogens is 144 g/mol. The number of benzene rings is 1. The van der Waals surface area contributed by atoms with Crippen LogP contribution < -0.4 is 0 Å². The van der Waals surface area contributed by atoms with E-state index in [1.807, 2.05) is 0 Å². The van der Waals surface area contributed by atoms with Crippen molar-refractivity contribution in [2.24, 2.45) is 5.92 Å². The molecule has 0 saturated carbocycles. The second kappa shape index (κ2) is 2.62. The number of hydrogen-bond donors (Lipinski definition) is 0. The zero-order valence-corrected chi connectivity index (χ0v) is 8.09. The maximum atomic E-state index is 2.35. The third kappa shape index (κ3) is 0.979. The molecule has 2 rings (SSSR count). The molecule has 1 aliphatic carbocycles. The minimum absolute atomic E-state index is 0.764. The minimum atomic E-state index is 0.764. The van der Waals surface area contributed by atoms with Gasteiger partial charge in [0.25, 0.3) is 0 Å². The highest BCUT2D eigenvalue weighted by Crippen LogP contribution is 2.38. The normalized spacial score (nSPS) is 27.2. The van der Waals surface area contributed by atoms with Crippen molar-refractivity contribution in [3.05, 3.63) is 34.9 Å². The molecule has 12 heavy (non-hydrogen) atoms. The minimum Gasteiger partial charge on any atom is -0.0617 e. The second-order valence-corrected chi connectivity index (χ2v) is 4.11. The summed E-state index contributed by atoms with van der Waals surface area (Å²) in [7, 11) is 0. The van der Waals surface area contributed by atoms with Gasteiger partial charge in [0, 0.05) is 0 Å². The van der Waals surface area contributed by atoms with Crippen LogP contribution >= 0.6 is 0 Å². The van der Waals surface area contributed by atoms with Gasteiger partial charge in [0.05, 0.1) is 0 Å². The van der Waals surface area contributed by atoms with Crippen molar-refractivity contribution in [2.75, 3.05) is 0 Å². The number of fused-ring (bicyclic) bond motifs is 1. The van der Waals surface area contributed by atoms with Crippen LogP contribution in [0, 0.1) is 12.8 Å². The van der Waals surface area contributed by atoms with E-state index in [1.165, 1.54) is 12.0 Å². The Morgan fingerprint density at radius 2 is 2.00 bits per heavy atom. The van der Waals surface area contributed by atoms with Crippen LogP contribution in [0.15, 0.2) is 18.2 Å². The van der Waals surface area contributed by atoms with E-state index >= 15 is 0 Å². The fourth-order valence-corrected chi connectivity index (χ4v) is 2.24. The predicted octanol–water partition coefficient (Wildman–Crippen LogP) is 3.29. The Balaban J connectivity index is 2.53. The van der Waals surface area contributed by atoms with Crippen LogP contribution in [0.25, 0.3) is 0 Å². The van der Waals surface area contributed by atoms with E-state index in [0.717, 1.165) is 11.8 Å². The Labute approximate surface area is 74.6 Å². The molecule has 0 amide bonds. The van der Waals surface area contributed by atoms with Crippen LogP contribution in [-0.4, -0.2) is 0 Å². The summed E-state index contributed by atoms with van der Waals surface area (Å²) < 4.78 is 0. The highest BCUT2D eigenvalue weighted by molar-refractivity contribution is 5.40. The van der Waals surface area contributed by atoms with Gasteiger partial charge in [-0.1, -0.05) is 32.0 Å². The zero-order chi connectivity index (χ0) is 8.72. The van der Waals surface area contributed by atoms with Crippen molar-refractivity contribution in [3.8, 4) is 0 Å². The lowest BCUT2D eigenvalue weighted by molar-refractivity contribution is 0.531. The molecule has 0 N–H and O–H groups in total. The highest BCUT2D eigenvalue weighted by atomic mass is 14.3. The molecule has 0 aromatic heterocycles. The molecule has 0 radical (unpaired) electrons. The van der Waals surface area contributed by atoms with Gasteiger partial charge in [-0.25, -0.2) is 0 Å². The molecule has 0 heterocycles. The van der Waals surface area contributed by atoms with Gasteiger partial charge in [0.1, 0.15) is 0 Å². The molecule has 0 aliphatic heterocycles. The zero-order valence-electron chi connectivity index (χ0n) is 8.09. The van der Waals surface area contributed by atoms with Crippen LogP contribution in [-0.2, 0) is 6.42 Å². The second-order valence-electron chi connectivity index (χ2n) is 4.11. The average molecular weight is 160 g/mol. The first-order chi connectivity index (χ1) is 5.70. The van der Waals surface area contributed by atoms with E-state index in [4.69, 9.17) is 0 Å². The van der Waals surface area contributed by atoms with Gasteiger partial charge in [-0.05, 0) is 41.9 Å². The van der Waals surface area contributed by atoms with E-state index in [1.54, 1.807) is 11.1 Å². The third-order valence-corrected chi connectivity index (χ3v) is 3.32. The molecular formula is C12H16. The lowest BCUT2D eigenvalue weighted by Crippen LogP contribution is -1.97. The summed E-state index contributed by atoms with van der Waals surface area (Å²) in [6.45, 7) is 6.92. The molecule has 0 saturated heterocycles. The molecule has 1 aromatic carbocycles. The van der Waals surface area contributed by atoms with Crippen LogP contribution in [0.1, 0.15) is 36.5 Å². The third-order valence-electron chi connectivity index (χ3n) is 3.32. The maximum absolute atomic E-state index is 2.35. The number of hydrogen-bond acceptors (Lipinski definition) is 0. The molecule has 1 aromatic rings. The van der Waals surface area contributed by atoms with Gasteiger partial charge in [0.15, 0.2) is 0 Å². The fourth-order valence-electron chi connectivity index (χ4n) is 2.24. The van der Waals surface area contributed by atoms with Gasteiger partial charge in [-0.3, -0.25) is 0 Å². The van der Waals surface area contributed by atoms with Crippen molar-refractivity contribution in [1.29, 1.82) is 0 Å². The van der Waals surface area contributed by atoms with E-state index in [9.17, 15) is 0 Å². The lowest BCUT2D eigenvalue weighted by Gasteiger charge is -2.08. The number of aryl methyl sites for hydroxylation is 1. The first kappa shape index (κ1) is 7.85. The topological polar surface area (TPSA) is 0 Å². The number of rotatable bonds is 0. The first-order valence-electron chi connectivity index (χ1n) is 4.78. The quantitative estimate of drug-likeness (QED) is 0.546. The summed E-state index contributed by atoms with van der Waals surface area (Å²) >= 11 is 0. The van der Waals surface area contributed by atoms with E-state index in [2.05, 4.69) is 39.0 Å². The summed E-state index contributed by atoms with van der Waals surface area (Å²) in [5, 5.41) is 0. The fraction of sp³-hybridized carbons (Fsp3) is 0.500. The molecule has 0 heteroatoms. The van der Waals surface area contributed by atoms with Gasteiger partial charge < -0.3 is 0 Å².